The molecule has 0 radical (unpaired) electrons. The van der Waals surface area contributed by atoms with E-state index in [0.29, 0.717) is 0 Å². The number of hydrogen-bond acceptors (Lipinski definition) is 2. The molecule has 0 aliphatic heterocycles. The first kappa shape index (κ1) is 9.21. The average molecular weight is 142 g/mol. The lowest BCUT2D eigenvalue weighted by Gasteiger charge is -2.17. The number of aliphatic hydroxyl groups is 1. The predicted molar refractivity (Wildman–Crippen MR) is 40.8 cm³/mol. The molecular formula is C8H14O2. The number of hydrogen-bond donors (Lipinski definition) is 1. The van der Waals surface area contributed by atoms with Crippen LogP contribution in [0.15, 0.2) is 12.3 Å². The van der Waals surface area contributed by atoms with Crippen LogP contribution >= 0.6 is 0 Å². The summed E-state index contributed by atoms with van der Waals surface area (Å²) >= 11 is 0. The second-order valence-electron chi connectivity index (χ2n) is 2.92. The summed E-state index contributed by atoms with van der Waals surface area (Å²) in [6.07, 6.45) is 2.78. The lowest BCUT2D eigenvalue weighted by molar-refractivity contribution is -0.122. The molecule has 0 bridgehead atoms. The highest BCUT2D eigenvalue weighted by molar-refractivity contribution is 5.93. The molecule has 0 aliphatic carbocycles. The Hall–Kier alpha value is -0.790. The van der Waals surface area contributed by atoms with Crippen LogP contribution in [0.3, 0.4) is 0 Å². The minimum absolute atomic E-state index is 0.0301. The maximum atomic E-state index is 11.0. The van der Waals surface area contributed by atoms with E-state index in [9.17, 15) is 4.79 Å². The van der Waals surface area contributed by atoms with Crippen LogP contribution in [0.1, 0.15) is 27.2 Å². The second kappa shape index (κ2) is 3.40. The van der Waals surface area contributed by atoms with Gasteiger partial charge in [-0.25, -0.2) is 0 Å². The molecule has 2 heteroatoms. The molecule has 0 heterocycles. The predicted octanol–water partition coefficient (Wildman–Crippen LogP) is 2.06. The third-order valence-corrected chi connectivity index (χ3v) is 1.78. The monoisotopic (exact) mass is 142 g/mol. The molecule has 0 fully saturated rings. The first-order chi connectivity index (χ1) is 4.54. The van der Waals surface area contributed by atoms with Crippen LogP contribution in [-0.2, 0) is 4.79 Å². The van der Waals surface area contributed by atoms with Crippen LogP contribution in [0.2, 0.25) is 0 Å². The fourth-order valence-corrected chi connectivity index (χ4v) is 0.468. The number of carbonyl (C=O) groups is 1. The van der Waals surface area contributed by atoms with Gasteiger partial charge in [-0.1, -0.05) is 20.8 Å². The Labute approximate surface area is 61.6 Å². The van der Waals surface area contributed by atoms with Gasteiger partial charge in [0.25, 0.3) is 0 Å². The van der Waals surface area contributed by atoms with E-state index in [0.717, 1.165) is 12.7 Å². The zero-order valence-corrected chi connectivity index (χ0v) is 6.72. The van der Waals surface area contributed by atoms with Crippen molar-refractivity contribution in [1.29, 1.82) is 0 Å². The van der Waals surface area contributed by atoms with Crippen LogP contribution in [0.5, 0.6) is 0 Å². The zero-order chi connectivity index (χ0) is 8.20. The van der Waals surface area contributed by atoms with Crippen molar-refractivity contribution in [2.75, 3.05) is 0 Å². The first-order valence-corrected chi connectivity index (χ1v) is 3.39. The summed E-state index contributed by atoms with van der Waals surface area (Å²) in [6.45, 7) is 5.66. The van der Waals surface area contributed by atoms with E-state index >= 15 is 0 Å². The minimum atomic E-state index is -0.334. The van der Waals surface area contributed by atoms with Gasteiger partial charge in [0.05, 0.1) is 6.26 Å². The summed E-state index contributed by atoms with van der Waals surface area (Å²) in [5, 5.41) is 8.29. The number of carbonyl (C=O) groups excluding carboxylic acids is 1. The second-order valence-corrected chi connectivity index (χ2v) is 2.92. The van der Waals surface area contributed by atoms with E-state index in [2.05, 4.69) is 0 Å². The average Bonchev–Trinajstić information content (AvgIpc) is 1.89. The van der Waals surface area contributed by atoms with Crippen molar-refractivity contribution < 1.29 is 9.90 Å². The number of aliphatic hydroxyl groups excluding tert-OH is 1. The topological polar surface area (TPSA) is 37.3 Å². The summed E-state index contributed by atoms with van der Waals surface area (Å²) in [4.78, 5) is 11.0. The van der Waals surface area contributed by atoms with Gasteiger partial charge < -0.3 is 5.11 Å². The molecule has 0 aromatic rings. The summed E-state index contributed by atoms with van der Waals surface area (Å²) in [5.41, 5.74) is -0.334. The lowest BCUT2D eigenvalue weighted by atomic mass is 9.85. The van der Waals surface area contributed by atoms with E-state index in [1.54, 1.807) is 0 Å². The van der Waals surface area contributed by atoms with Crippen molar-refractivity contribution in [2.45, 2.75) is 27.2 Å². The molecule has 0 rings (SSSR count). The van der Waals surface area contributed by atoms with Gasteiger partial charge in [-0.05, 0) is 6.42 Å². The SMILES string of the molecule is CCC(C)(C)C(=O)/C=C/O. The van der Waals surface area contributed by atoms with Crippen LogP contribution < -0.4 is 0 Å². The van der Waals surface area contributed by atoms with Crippen molar-refractivity contribution >= 4 is 5.78 Å². The van der Waals surface area contributed by atoms with Gasteiger partial charge in [0.15, 0.2) is 5.78 Å². The third-order valence-electron chi connectivity index (χ3n) is 1.78. The Morgan fingerprint density at radius 3 is 2.40 bits per heavy atom. The van der Waals surface area contributed by atoms with Crippen LogP contribution in [0.4, 0.5) is 0 Å². The molecule has 58 valence electrons. The fraction of sp³-hybridized carbons (Fsp3) is 0.625. The molecule has 0 atom stereocenters. The molecule has 0 aromatic carbocycles. The van der Waals surface area contributed by atoms with Crippen molar-refractivity contribution in [3.8, 4) is 0 Å². The summed E-state index contributed by atoms with van der Waals surface area (Å²) in [7, 11) is 0. The zero-order valence-electron chi connectivity index (χ0n) is 6.72. The van der Waals surface area contributed by atoms with Gasteiger partial charge in [0, 0.05) is 11.5 Å². The molecule has 2 nitrogen and oxygen atoms in total. The minimum Gasteiger partial charge on any atom is -0.515 e. The molecule has 0 amide bonds. The van der Waals surface area contributed by atoms with E-state index in [-0.39, 0.29) is 11.2 Å². The molecule has 1 N–H and O–H groups in total. The third kappa shape index (κ3) is 2.21. The van der Waals surface area contributed by atoms with Gasteiger partial charge in [-0.2, -0.15) is 0 Å². The van der Waals surface area contributed by atoms with Crippen molar-refractivity contribution in [1.82, 2.24) is 0 Å². The molecule has 0 saturated heterocycles. The Balaban J connectivity index is 4.18. The van der Waals surface area contributed by atoms with Gasteiger partial charge in [-0.3, -0.25) is 4.79 Å². The quantitative estimate of drug-likeness (QED) is 0.483. The maximum Gasteiger partial charge on any atom is 0.164 e. The largest absolute Gasteiger partial charge is 0.515 e. The molecule has 0 spiro atoms. The maximum absolute atomic E-state index is 11.0. The van der Waals surface area contributed by atoms with Crippen LogP contribution in [0, 0.1) is 5.41 Å². The fourth-order valence-electron chi connectivity index (χ4n) is 0.468. The standard InChI is InChI=1S/C8H14O2/c1-4-8(2,3)7(10)5-6-9/h5-6,9H,4H2,1-3H3/b6-5+. The smallest absolute Gasteiger partial charge is 0.164 e. The van der Waals surface area contributed by atoms with Gasteiger partial charge in [0.1, 0.15) is 0 Å². The summed E-state index contributed by atoms with van der Waals surface area (Å²) in [6, 6.07) is 0. The van der Waals surface area contributed by atoms with E-state index in [1.165, 1.54) is 6.08 Å². The lowest BCUT2D eigenvalue weighted by Crippen LogP contribution is -2.20. The van der Waals surface area contributed by atoms with Gasteiger partial charge >= 0.3 is 0 Å². The number of rotatable bonds is 3. The molecular weight excluding hydrogens is 128 g/mol. The first-order valence-electron chi connectivity index (χ1n) is 3.39. The highest BCUT2D eigenvalue weighted by Crippen LogP contribution is 2.20. The van der Waals surface area contributed by atoms with Crippen LogP contribution in [0.25, 0.3) is 0 Å². The number of ketones is 1. The molecule has 10 heavy (non-hydrogen) atoms. The van der Waals surface area contributed by atoms with E-state index < -0.39 is 0 Å². The molecule has 0 unspecified atom stereocenters. The molecule has 0 aliphatic rings. The molecule has 0 saturated carbocycles. The van der Waals surface area contributed by atoms with Gasteiger partial charge in [0.2, 0.25) is 0 Å². The van der Waals surface area contributed by atoms with Crippen LogP contribution in [-0.4, -0.2) is 10.9 Å². The summed E-state index contributed by atoms with van der Waals surface area (Å²) < 4.78 is 0. The summed E-state index contributed by atoms with van der Waals surface area (Å²) in [5.74, 6) is -0.0301. The van der Waals surface area contributed by atoms with Gasteiger partial charge in [-0.15, -0.1) is 0 Å². The normalized spacial score (nSPS) is 12.3. The highest BCUT2D eigenvalue weighted by atomic mass is 16.2. The number of allylic oxidation sites excluding steroid dienone is 1. The van der Waals surface area contributed by atoms with E-state index in [4.69, 9.17) is 5.11 Å². The van der Waals surface area contributed by atoms with Crippen molar-refractivity contribution in [3.63, 3.8) is 0 Å². The van der Waals surface area contributed by atoms with Crippen molar-refractivity contribution in [3.05, 3.63) is 12.3 Å². The molecule has 0 aromatic heterocycles. The van der Waals surface area contributed by atoms with Crippen molar-refractivity contribution in [2.24, 2.45) is 5.41 Å². The Morgan fingerprint density at radius 1 is 1.60 bits per heavy atom. The Morgan fingerprint density at radius 2 is 2.10 bits per heavy atom. The van der Waals surface area contributed by atoms with E-state index in [1.807, 2.05) is 20.8 Å². The Bertz CT molecular complexity index is 145. The highest BCUT2D eigenvalue weighted by Gasteiger charge is 2.22. The Kier molecular flexibility index (Phi) is 3.13.